The molecule has 1 aromatic carbocycles. The van der Waals surface area contributed by atoms with E-state index in [1.54, 1.807) is 30.8 Å². The number of hydrogen-bond donors (Lipinski definition) is 0. The minimum absolute atomic E-state index is 0.0676. The molecule has 0 spiro atoms. The van der Waals surface area contributed by atoms with E-state index in [9.17, 15) is 10.1 Å². The van der Waals surface area contributed by atoms with Crippen molar-refractivity contribution in [2.45, 2.75) is 13.8 Å². The first kappa shape index (κ1) is 16.1. The standard InChI is InChI=1S/C15H18N6O3/c1-11-17-18-12(2)20(11)16-10-13-3-4-14(15(9-13)21(22)23)19-5-7-24-8-6-19/h3-4,9-10H,5-8H2,1-2H3. The zero-order valence-corrected chi connectivity index (χ0v) is 13.5. The SMILES string of the molecule is Cc1nnc(C)n1N=Cc1ccc(N2CCOCC2)c([N+](=O)[O-])c1. The Hall–Kier alpha value is -2.81. The van der Waals surface area contributed by atoms with Crippen molar-refractivity contribution in [3.05, 3.63) is 45.5 Å². The molecule has 9 nitrogen and oxygen atoms in total. The molecule has 0 atom stereocenters. The molecule has 0 radical (unpaired) electrons. The highest BCUT2D eigenvalue weighted by atomic mass is 16.6. The minimum Gasteiger partial charge on any atom is -0.378 e. The lowest BCUT2D eigenvalue weighted by Crippen LogP contribution is -2.36. The molecule has 0 unspecified atom stereocenters. The first-order chi connectivity index (χ1) is 11.6. The number of benzene rings is 1. The summed E-state index contributed by atoms with van der Waals surface area (Å²) in [6, 6.07) is 5.11. The van der Waals surface area contributed by atoms with Crippen molar-refractivity contribution in [2.24, 2.45) is 5.10 Å². The summed E-state index contributed by atoms with van der Waals surface area (Å²) in [6.45, 7) is 6.03. The molecule has 0 aliphatic carbocycles. The van der Waals surface area contributed by atoms with E-state index in [-0.39, 0.29) is 10.6 Å². The molecular weight excluding hydrogens is 312 g/mol. The Bertz CT molecular complexity index is 760. The predicted molar refractivity (Wildman–Crippen MR) is 88.6 cm³/mol. The van der Waals surface area contributed by atoms with Crippen molar-refractivity contribution < 1.29 is 9.66 Å². The Morgan fingerprint density at radius 3 is 2.54 bits per heavy atom. The van der Waals surface area contributed by atoms with E-state index in [2.05, 4.69) is 15.3 Å². The van der Waals surface area contributed by atoms with Gasteiger partial charge >= 0.3 is 0 Å². The number of rotatable bonds is 4. The summed E-state index contributed by atoms with van der Waals surface area (Å²) in [4.78, 5) is 13.0. The Balaban J connectivity index is 1.90. The lowest BCUT2D eigenvalue weighted by molar-refractivity contribution is -0.384. The van der Waals surface area contributed by atoms with Crippen molar-refractivity contribution in [1.82, 2.24) is 14.9 Å². The Kier molecular flexibility index (Phi) is 4.52. The van der Waals surface area contributed by atoms with E-state index < -0.39 is 0 Å². The number of morpholine rings is 1. The third-order valence-electron chi connectivity index (χ3n) is 3.82. The van der Waals surface area contributed by atoms with Gasteiger partial charge in [-0.05, 0) is 19.9 Å². The quantitative estimate of drug-likeness (QED) is 0.479. The molecule has 126 valence electrons. The molecule has 2 aromatic rings. The molecule has 0 amide bonds. The van der Waals surface area contributed by atoms with Crippen LogP contribution in [0.3, 0.4) is 0 Å². The molecule has 1 saturated heterocycles. The van der Waals surface area contributed by atoms with Crippen LogP contribution in [-0.4, -0.2) is 52.3 Å². The fraction of sp³-hybridized carbons (Fsp3) is 0.400. The summed E-state index contributed by atoms with van der Waals surface area (Å²) in [7, 11) is 0. The topological polar surface area (TPSA) is 98.7 Å². The van der Waals surface area contributed by atoms with Crippen molar-refractivity contribution in [3.63, 3.8) is 0 Å². The average molecular weight is 330 g/mol. The number of nitro groups is 1. The first-order valence-corrected chi connectivity index (χ1v) is 7.60. The molecular formula is C15H18N6O3. The van der Waals surface area contributed by atoms with E-state index in [4.69, 9.17) is 4.74 Å². The normalized spacial score (nSPS) is 15.2. The highest BCUT2D eigenvalue weighted by Gasteiger charge is 2.21. The van der Waals surface area contributed by atoms with Gasteiger partial charge in [-0.1, -0.05) is 6.07 Å². The average Bonchev–Trinajstić information content (AvgIpc) is 2.92. The second-order valence-corrected chi connectivity index (χ2v) is 5.46. The summed E-state index contributed by atoms with van der Waals surface area (Å²) in [5, 5.41) is 23.6. The van der Waals surface area contributed by atoms with Crippen LogP contribution in [-0.2, 0) is 4.74 Å². The van der Waals surface area contributed by atoms with Gasteiger partial charge in [0, 0.05) is 24.7 Å². The van der Waals surface area contributed by atoms with Gasteiger partial charge in [0.25, 0.3) is 5.69 Å². The third-order valence-corrected chi connectivity index (χ3v) is 3.82. The van der Waals surface area contributed by atoms with Crippen molar-refractivity contribution in [1.29, 1.82) is 0 Å². The van der Waals surface area contributed by atoms with Crippen molar-refractivity contribution in [3.8, 4) is 0 Å². The van der Waals surface area contributed by atoms with Crippen LogP contribution in [0.1, 0.15) is 17.2 Å². The van der Waals surface area contributed by atoms with Gasteiger partial charge in [-0.25, -0.2) is 4.68 Å². The summed E-state index contributed by atoms with van der Waals surface area (Å²) in [5.41, 5.74) is 1.32. The number of aromatic nitrogens is 3. The molecule has 1 aliphatic heterocycles. The Morgan fingerprint density at radius 1 is 1.25 bits per heavy atom. The maximum absolute atomic E-state index is 11.4. The van der Waals surface area contributed by atoms with Gasteiger partial charge < -0.3 is 9.64 Å². The number of nitro benzene ring substituents is 1. The van der Waals surface area contributed by atoms with E-state index in [0.29, 0.717) is 49.2 Å². The molecule has 3 rings (SSSR count). The van der Waals surface area contributed by atoms with Crippen LogP contribution in [0.4, 0.5) is 11.4 Å². The van der Waals surface area contributed by atoms with Gasteiger partial charge in [-0.15, -0.1) is 10.2 Å². The first-order valence-electron chi connectivity index (χ1n) is 7.60. The smallest absolute Gasteiger partial charge is 0.293 e. The second kappa shape index (κ2) is 6.75. The maximum Gasteiger partial charge on any atom is 0.293 e. The maximum atomic E-state index is 11.4. The van der Waals surface area contributed by atoms with Gasteiger partial charge in [-0.2, -0.15) is 5.10 Å². The monoisotopic (exact) mass is 330 g/mol. The van der Waals surface area contributed by atoms with Crippen molar-refractivity contribution >= 4 is 17.6 Å². The summed E-state index contributed by atoms with van der Waals surface area (Å²) >= 11 is 0. The van der Waals surface area contributed by atoms with Gasteiger partial charge in [0.15, 0.2) is 11.6 Å². The number of anilines is 1. The third kappa shape index (κ3) is 3.25. The molecule has 1 fully saturated rings. The summed E-state index contributed by atoms with van der Waals surface area (Å²) in [5.74, 6) is 1.31. The van der Waals surface area contributed by atoms with Crippen molar-refractivity contribution in [2.75, 3.05) is 31.2 Å². The van der Waals surface area contributed by atoms with Crippen LogP contribution in [0.25, 0.3) is 0 Å². The molecule has 9 heteroatoms. The van der Waals surface area contributed by atoms with Crippen LogP contribution >= 0.6 is 0 Å². The van der Waals surface area contributed by atoms with Crippen LogP contribution in [0.2, 0.25) is 0 Å². The second-order valence-electron chi connectivity index (χ2n) is 5.46. The molecule has 1 aliphatic rings. The molecule has 24 heavy (non-hydrogen) atoms. The van der Waals surface area contributed by atoms with Gasteiger partial charge in [0.1, 0.15) is 5.69 Å². The van der Waals surface area contributed by atoms with E-state index in [0.717, 1.165) is 0 Å². The van der Waals surface area contributed by atoms with Crippen LogP contribution in [0.15, 0.2) is 23.3 Å². The van der Waals surface area contributed by atoms with E-state index in [1.165, 1.54) is 6.07 Å². The minimum atomic E-state index is -0.364. The van der Waals surface area contributed by atoms with Gasteiger partial charge in [0.05, 0.1) is 24.4 Å². The highest BCUT2D eigenvalue weighted by molar-refractivity contribution is 5.83. The molecule has 0 bridgehead atoms. The van der Waals surface area contributed by atoms with E-state index >= 15 is 0 Å². The van der Waals surface area contributed by atoms with E-state index in [1.807, 2.05) is 11.0 Å². The molecule has 1 aromatic heterocycles. The Morgan fingerprint density at radius 2 is 1.92 bits per heavy atom. The predicted octanol–water partition coefficient (Wildman–Crippen LogP) is 1.52. The fourth-order valence-corrected chi connectivity index (χ4v) is 2.59. The van der Waals surface area contributed by atoms with Gasteiger partial charge in [0.2, 0.25) is 0 Å². The lowest BCUT2D eigenvalue weighted by Gasteiger charge is -2.28. The fourth-order valence-electron chi connectivity index (χ4n) is 2.59. The van der Waals surface area contributed by atoms with Gasteiger partial charge in [-0.3, -0.25) is 10.1 Å². The number of nitrogens with zero attached hydrogens (tertiary/aromatic N) is 6. The number of hydrogen-bond acceptors (Lipinski definition) is 7. The summed E-state index contributed by atoms with van der Waals surface area (Å²) < 4.78 is 6.89. The molecule has 2 heterocycles. The summed E-state index contributed by atoms with van der Waals surface area (Å²) in [6.07, 6.45) is 1.57. The number of ether oxygens (including phenoxy) is 1. The van der Waals surface area contributed by atoms with Crippen LogP contribution in [0, 0.1) is 24.0 Å². The molecule has 0 N–H and O–H groups in total. The highest BCUT2D eigenvalue weighted by Crippen LogP contribution is 2.29. The zero-order valence-electron chi connectivity index (χ0n) is 13.5. The largest absolute Gasteiger partial charge is 0.378 e. The molecule has 0 saturated carbocycles. The van der Waals surface area contributed by atoms with Crippen LogP contribution < -0.4 is 4.90 Å². The van der Waals surface area contributed by atoms with Crippen LogP contribution in [0.5, 0.6) is 0 Å². The lowest BCUT2D eigenvalue weighted by atomic mass is 10.1. The zero-order chi connectivity index (χ0) is 17.1. The number of aryl methyl sites for hydroxylation is 2. The Labute approximate surface area is 138 Å².